The average Bonchev–Trinajstić information content (AvgIpc) is 3.16. The number of ketones is 1. The second kappa shape index (κ2) is 6.83. The van der Waals surface area contributed by atoms with E-state index in [0.717, 1.165) is 15.8 Å². The summed E-state index contributed by atoms with van der Waals surface area (Å²) in [5, 5.41) is 10.8. The second-order valence-corrected chi connectivity index (χ2v) is 7.78. The number of hydrogen-bond donors (Lipinski definition) is 1. The van der Waals surface area contributed by atoms with E-state index in [2.05, 4.69) is 15.9 Å². The summed E-state index contributed by atoms with van der Waals surface area (Å²) < 4.78 is 8.31. The van der Waals surface area contributed by atoms with Gasteiger partial charge in [0.15, 0.2) is 5.75 Å². The van der Waals surface area contributed by atoms with E-state index >= 15 is 0 Å². The Morgan fingerprint density at radius 1 is 1.19 bits per heavy atom. The molecule has 4 aromatic rings. The maximum Gasteiger partial charge on any atom is 0.341 e. The Labute approximate surface area is 166 Å². The first-order valence-corrected chi connectivity index (χ1v) is 9.85. The monoisotopic (exact) mass is 443 g/mol. The standard InChI is InChI=1S/C20H14BrNO4S/c1-2-26-20(25)14-13-5-3-4-10-22(13)15-17(24)19(27-18(14)15)16(23)11-6-8-12(21)9-7-11/h3-10,24H,2H2,1H3. The Morgan fingerprint density at radius 3 is 2.63 bits per heavy atom. The van der Waals surface area contributed by atoms with Crippen LogP contribution in [0.25, 0.3) is 15.7 Å². The molecule has 1 aromatic carbocycles. The number of ether oxygens (including phenoxy) is 1. The lowest BCUT2D eigenvalue weighted by atomic mass is 10.1. The molecule has 5 nitrogen and oxygen atoms in total. The minimum Gasteiger partial charge on any atom is -0.504 e. The van der Waals surface area contributed by atoms with Crippen molar-refractivity contribution in [3.05, 3.63) is 69.1 Å². The van der Waals surface area contributed by atoms with Crippen molar-refractivity contribution in [1.29, 1.82) is 0 Å². The molecule has 0 spiro atoms. The Kier molecular flexibility index (Phi) is 4.49. The zero-order valence-electron chi connectivity index (χ0n) is 14.2. The van der Waals surface area contributed by atoms with Gasteiger partial charge >= 0.3 is 5.97 Å². The topological polar surface area (TPSA) is 68.0 Å². The highest BCUT2D eigenvalue weighted by Gasteiger charge is 2.28. The molecule has 0 aliphatic rings. The molecule has 1 N–H and O–H groups in total. The zero-order valence-corrected chi connectivity index (χ0v) is 16.6. The largest absolute Gasteiger partial charge is 0.504 e. The summed E-state index contributed by atoms with van der Waals surface area (Å²) in [7, 11) is 0. The molecular formula is C20H14BrNO4S. The molecule has 0 saturated carbocycles. The number of nitrogens with zero attached hydrogens (tertiary/aromatic N) is 1. The minimum absolute atomic E-state index is 0.125. The van der Waals surface area contributed by atoms with Crippen molar-refractivity contribution >= 4 is 54.8 Å². The van der Waals surface area contributed by atoms with E-state index in [1.54, 1.807) is 53.9 Å². The molecule has 0 saturated heterocycles. The van der Waals surface area contributed by atoms with Crippen LogP contribution in [0.2, 0.25) is 0 Å². The van der Waals surface area contributed by atoms with Crippen molar-refractivity contribution in [2.24, 2.45) is 0 Å². The number of esters is 1. The highest BCUT2D eigenvalue weighted by molar-refractivity contribution is 9.10. The molecule has 0 aliphatic heterocycles. The summed E-state index contributed by atoms with van der Waals surface area (Å²) in [5.41, 5.74) is 1.90. The van der Waals surface area contributed by atoms with Crippen LogP contribution in [0.5, 0.6) is 5.75 Å². The number of aromatic nitrogens is 1. The van der Waals surface area contributed by atoms with Gasteiger partial charge in [0.2, 0.25) is 5.78 Å². The minimum atomic E-state index is -0.472. The van der Waals surface area contributed by atoms with E-state index in [9.17, 15) is 14.7 Å². The lowest BCUT2D eigenvalue weighted by molar-refractivity contribution is 0.0531. The molecular weight excluding hydrogens is 430 g/mol. The first kappa shape index (κ1) is 17.8. The molecule has 0 bridgehead atoms. The fraction of sp³-hybridized carbons (Fsp3) is 0.100. The molecule has 3 heterocycles. The van der Waals surface area contributed by atoms with Crippen LogP contribution < -0.4 is 0 Å². The summed E-state index contributed by atoms with van der Waals surface area (Å²) in [6.45, 7) is 1.98. The van der Waals surface area contributed by atoms with Crippen molar-refractivity contribution in [1.82, 2.24) is 4.40 Å². The molecule has 7 heteroatoms. The van der Waals surface area contributed by atoms with Gasteiger partial charge in [0.05, 0.1) is 16.8 Å². The lowest BCUT2D eigenvalue weighted by Crippen LogP contribution is -2.04. The van der Waals surface area contributed by atoms with Crippen molar-refractivity contribution < 1.29 is 19.4 Å². The Hall–Kier alpha value is -2.64. The predicted octanol–water partition coefficient (Wildman–Crippen LogP) is 5.03. The van der Waals surface area contributed by atoms with Gasteiger partial charge in [0, 0.05) is 16.2 Å². The number of benzene rings is 1. The van der Waals surface area contributed by atoms with E-state index in [4.69, 9.17) is 4.74 Å². The summed E-state index contributed by atoms with van der Waals surface area (Å²) in [6.07, 6.45) is 1.75. The summed E-state index contributed by atoms with van der Waals surface area (Å²) in [4.78, 5) is 25.6. The van der Waals surface area contributed by atoms with Crippen LogP contribution in [0.1, 0.15) is 32.5 Å². The zero-order chi connectivity index (χ0) is 19.1. The number of hydrogen-bond acceptors (Lipinski definition) is 5. The van der Waals surface area contributed by atoms with Gasteiger partial charge in [-0.2, -0.15) is 0 Å². The highest BCUT2D eigenvalue weighted by atomic mass is 79.9. The number of fused-ring (bicyclic) bond motifs is 3. The second-order valence-electron chi connectivity index (χ2n) is 5.84. The van der Waals surface area contributed by atoms with E-state index in [1.807, 2.05) is 6.07 Å². The average molecular weight is 444 g/mol. The number of pyridine rings is 1. The fourth-order valence-electron chi connectivity index (χ4n) is 3.05. The van der Waals surface area contributed by atoms with E-state index in [1.165, 1.54) is 0 Å². The number of carbonyl (C=O) groups excluding carboxylic acids is 2. The van der Waals surface area contributed by atoms with Crippen LogP contribution in [0.3, 0.4) is 0 Å². The number of rotatable bonds is 4. The molecule has 4 rings (SSSR count). The van der Waals surface area contributed by atoms with Gasteiger partial charge in [-0.1, -0.05) is 22.0 Å². The van der Waals surface area contributed by atoms with Gasteiger partial charge in [0.1, 0.15) is 16.0 Å². The maximum atomic E-state index is 12.9. The predicted molar refractivity (Wildman–Crippen MR) is 108 cm³/mol. The van der Waals surface area contributed by atoms with Crippen molar-refractivity contribution in [3.8, 4) is 5.75 Å². The first-order chi connectivity index (χ1) is 13.0. The van der Waals surface area contributed by atoms with Crippen LogP contribution in [0.4, 0.5) is 0 Å². The number of carbonyl (C=O) groups is 2. The van der Waals surface area contributed by atoms with Gasteiger partial charge in [-0.05, 0) is 43.3 Å². The van der Waals surface area contributed by atoms with Crippen LogP contribution in [0, 0.1) is 0 Å². The molecule has 3 aromatic heterocycles. The molecule has 0 atom stereocenters. The maximum absolute atomic E-state index is 12.9. The number of halogens is 1. The van der Waals surface area contributed by atoms with Crippen LogP contribution in [-0.2, 0) is 4.74 Å². The van der Waals surface area contributed by atoms with Gasteiger partial charge < -0.3 is 14.2 Å². The van der Waals surface area contributed by atoms with Crippen LogP contribution in [0.15, 0.2) is 53.1 Å². The van der Waals surface area contributed by atoms with Crippen molar-refractivity contribution in [3.63, 3.8) is 0 Å². The first-order valence-electron chi connectivity index (χ1n) is 8.24. The Balaban J connectivity index is 1.96. The molecule has 27 heavy (non-hydrogen) atoms. The number of aromatic hydroxyl groups is 1. The van der Waals surface area contributed by atoms with E-state index in [0.29, 0.717) is 26.9 Å². The molecule has 0 fully saturated rings. The van der Waals surface area contributed by atoms with E-state index in [-0.39, 0.29) is 23.0 Å². The van der Waals surface area contributed by atoms with Gasteiger partial charge in [-0.3, -0.25) is 4.79 Å². The third-order valence-electron chi connectivity index (χ3n) is 4.23. The number of thiophene rings is 1. The SMILES string of the molecule is CCOC(=O)c1c2sc(C(=O)c3ccc(Br)cc3)c(O)c2n2ccccc12. The van der Waals surface area contributed by atoms with E-state index < -0.39 is 5.97 Å². The summed E-state index contributed by atoms with van der Waals surface area (Å²) in [6, 6.07) is 12.3. The molecule has 136 valence electrons. The van der Waals surface area contributed by atoms with Crippen LogP contribution in [-0.4, -0.2) is 27.9 Å². The highest BCUT2D eigenvalue weighted by Crippen LogP contribution is 2.43. The molecule has 0 aliphatic carbocycles. The van der Waals surface area contributed by atoms with Crippen LogP contribution >= 0.6 is 27.3 Å². The lowest BCUT2D eigenvalue weighted by Gasteiger charge is -2.03. The quantitative estimate of drug-likeness (QED) is 0.354. The Morgan fingerprint density at radius 2 is 1.93 bits per heavy atom. The third kappa shape index (κ3) is 2.83. The normalized spacial score (nSPS) is 11.2. The summed E-state index contributed by atoms with van der Waals surface area (Å²) >= 11 is 4.45. The molecule has 0 amide bonds. The smallest absolute Gasteiger partial charge is 0.341 e. The molecule has 0 radical (unpaired) electrons. The van der Waals surface area contributed by atoms with Gasteiger partial charge in [-0.25, -0.2) is 4.79 Å². The fourth-order valence-corrected chi connectivity index (χ4v) is 4.51. The van der Waals surface area contributed by atoms with Crippen molar-refractivity contribution in [2.45, 2.75) is 6.92 Å². The summed E-state index contributed by atoms with van der Waals surface area (Å²) in [5.74, 6) is -0.888. The van der Waals surface area contributed by atoms with Crippen molar-refractivity contribution in [2.75, 3.05) is 6.61 Å². The van der Waals surface area contributed by atoms with Gasteiger partial charge in [0.25, 0.3) is 0 Å². The molecule has 0 unspecified atom stereocenters. The van der Waals surface area contributed by atoms with Gasteiger partial charge in [-0.15, -0.1) is 11.3 Å². The Bertz CT molecular complexity index is 1190. The third-order valence-corrected chi connectivity index (χ3v) is 5.95.